The smallest absolute Gasteiger partial charge is 0.212 e. The lowest BCUT2D eigenvalue weighted by molar-refractivity contribution is 0.272. The highest BCUT2D eigenvalue weighted by molar-refractivity contribution is 7.89. The molecule has 4 nitrogen and oxygen atoms in total. The molecule has 3 rings (SSSR count). The Kier molecular flexibility index (Phi) is 4.82. The monoisotopic (exact) mass is 352 g/mol. The van der Waals surface area contributed by atoms with Gasteiger partial charge in [0, 0.05) is 11.4 Å². The van der Waals surface area contributed by atoms with Gasteiger partial charge in [0.05, 0.1) is 23.3 Å². The SMILES string of the molecule is CC[C@@H]1c2ccsc2CCN1S(=O)(=O)CC1(C#N)CCCCC1. The Morgan fingerprint density at radius 1 is 1.39 bits per heavy atom. The molecular formula is C17H24N2O2S2. The summed E-state index contributed by atoms with van der Waals surface area (Å²) in [4.78, 5) is 1.32. The second kappa shape index (κ2) is 6.54. The quantitative estimate of drug-likeness (QED) is 0.826. The number of sulfonamides is 1. The zero-order valence-corrected chi connectivity index (χ0v) is 15.3. The first kappa shape index (κ1) is 16.9. The third kappa shape index (κ3) is 3.19. The minimum absolute atomic E-state index is 0.00747. The molecule has 2 heterocycles. The summed E-state index contributed by atoms with van der Waals surface area (Å²) in [6.07, 6.45) is 6.06. The first-order valence-corrected chi connectivity index (χ1v) is 11.0. The van der Waals surface area contributed by atoms with E-state index < -0.39 is 15.4 Å². The van der Waals surface area contributed by atoms with E-state index in [2.05, 4.69) is 17.5 Å². The molecule has 0 saturated heterocycles. The van der Waals surface area contributed by atoms with Gasteiger partial charge in [-0.2, -0.15) is 9.57 Å². The van der Waals surface area contributed by atoms with Gasteiger partial charge in [0.2, 0.25) is 10.0 Å². The van der Waals surface area contributed by atoms with Crippen molar-refractivity contribution < 1.29 is 8.42 Å². The van der Waals surface area contributed by atoms with E-state index in [0.29, 0.717) is 6.54 Å². The van der Waals surface area contributed by atoms with Crippen molar-refractivity contribution in [2.24, 2.45) is 5.41 Å². The Balaban J connectivity index is 1.86. The fraction of sp³-hybridized carbons (Fsp3) is 0.706. The summed E-state index contributed by atoms with van der Waals surface area (Å²) in [5, 5.41) is 11.7. The van der Waals surface area contributed by atoms with Crippen molar-refractivity contribution in [2.45, 2.75) is 57.9 Å². The Labute approximate surface area is 143 Å². The normalized spacial score (nSPS) is 24.8. The molecule has 6 heteroatoms. The van der Waals surface area contributed by atoms with Crippen LogP contribution in [0.15, 0.2) is 11.4 Å². The molecule has 1 aromatic rings. The number of thiophene rings is 1. The van der Waals surface area contributed by atoms with Crippen LogP contribution in [0, 0.1) is 16.7 Å². The molecule has 0 bridgehead atoms. The number of rotatable bonds is 4. The van der Waals surface area contributed by atoms with Crippen LogP contribution in [0.25, 0.3) is 0 Å². The molecule has 1 aliphatic carbocycles. The number of fused-ring (bicyclic) bond motifs is 1. The van der Waals surface area contributed by atoms with E-state index in [1.54, 1.807) is 15.6 Å². The van der Waals surface area contributed by atoms with E-state index in [1.165, 1.54) is 10.4 Å². The van der Waals surface area contributed by atoms with Crippen molar-refractivity contribution in [1.29, 1.82) is 5.26 Å². The summed E-state index contributed by atoms with van der Waals surface area (Å²) in [7, 11) is -3.42. The molecule has 126 valence electrons. The lowest BCUT2D eigenvalue weighted by atomic mass is 9.77. The maximum atomic E-state index is 13.1. The van der Waals surface area contributed by atoms with Crippen LogP contribution in [0.1, 0.15) is 61.9 Å². The largest absolute Gasteiger partial charge is 0.216 e. The topological polar surface area (TPSA) is 61.2 Å². The van der Waals surface area contributed by atoms with Gasteiger partial charge in [-0.1, -0.05) is 26.2 Å². The standard InChI is InChI=1S/C17H24N2O2S2/c1-2-15-14-7-11-22-16(14)6-10-19(15)23(20,21)13-17(12-18)8-4-3-5-9-17/h7,11,15H,2-6,8-10,13H2,1H3/t15-/m1/s1. The second-order valence-corrected chi connectivity index (χ2v) is 9.72. The zero-order chi connectivity index (χ0) is 16.5. The van der Waals surface area contributed by atoms with Crippen molar-refractivity contribution in [3.63, 3.8) is 0 Å². The highest BCUT2D eigenvalue weighted by atomic mass is 32.2. The molecule has 1 saturated carbocycles. The van der Waals surface area contributed by atoms with Crippen LogP contribution in [0.3, 0.4) is 0 Å². The average Bonchev–Trinajstić information content (AvgIpc) is 3.03. The van der Waals surface area contributed by atoms with E-state index >= 15 is 0 Å². The van der Waals surface area contributed by atoms with Crippen molar-refractivity contribution in [1.82, 2.24) is 4.31 Å². The number of nitrogens with zero attached hydrogens (tertiary/aromatic N) is 2. The molecule has 1 fully saturated rings. The van der Waals surface area contributed by atoms with Gasteiger partial charge in [-0.3, -0.25) is 0 Å². The van der Waals surface area contributed by atoms with Gasteiger partial charge in [-0.05, 0) is 42.7 Å². The Hall–Kier alpha value is -0.900. The van der Waals surface area contributed by atoms with Crippen molar-refractivity contribution >= 4 is 21.4 Å². The average molecular weight is 353 g/mol. The molecule has 0 aromatic carbocycles. The fourth-order valence-electron chi connectivity index (χ4n) is 4.08. The third-order valence-corrected chi connectivity index (χ3v) is 8.36. The molecule has 0 unspecified atom stereocenters. The number of nitriles is 1. The lowest BCUT2D eigenvalue weighted by Crippen LogP contribution is -2.44. The summed E-state index contributed by atoms with van der Waals surface area (Å²) >= 11 is 1.72. The predicted molar refractivity (Wildman–Crippen MR) is 92.7 cm³/mol. The molecule has 0 amide bonds. The molecule has 0 spiro atoms. The van der Waals surface area contributed by atoms with Crippen molar-refractivity contribution in [3.05, 3.63) is 21.9 Å². The van der Waals surface area contributed by atoms with Crippen LogP contribution >= 0.6 is 11.3 Å². The Morgan fingerprint density at radius 2 is 2.13 bits per heavy atom. The number of hydrogen-bond acceptors (Lipinski definition) is 4. The summed E-state index contributed by atoms with van der Waals surface area (Å²) < 4.78 is 27.9. The van der Waals surface area contributed by atoms with Gasteiger partial charge in [-0.25, -0.2) is 8.42 Å². The minimum atomic E-state index is -3.42. The van der Waals surface area contributed by atoms with Crippen LogP contribution in [-0.4, -0.2) is 25.0 Å². The summed E-state index contributed by atoms with van der Waals surface area (Å²) in [5.74, 6) is -0.00747. The second-order valence-electron chi connectivity index (χ2n) is 6.79. The van der Waals surface area contributed by atoms with Gasteiger partial charge in [0.25, 0.3) is 0 Å². The predicted octanol–water partition coefficient (Wildman–Crippen LogP) is 3.86. The van der Waals surface area contributed by atoms with Crippen molar-refractivity contribution in [3.8, 4) is 6.07 Å². The lowest BCUT2D eigenvalue weighted by Gasteiger charge is -2.38. The number of hydrogen-bond donors (Lipinski definition) is 0. The van der Waals surface area contributed by atoms with Gasteiger partial charge in [0.1, 0.15) is 0 Å². The summed E-state index contributed by atoms with van der Waals surface area (Å²) in [5.41, 5.74) is 0.492. The Bertz CT molecular complexity index is 696. The van der Waals surface area contributed by atoms with Gasteiger partial charge in [-0.15, -0.1) is 11.3 Å². The fourth-order valence-corrected chi connectivity index (χ4v) is 7.24. The Morgan fingerprint density at radius 3 is 2.78 bits per heavy atom. The summed E-state index contributed by atoms with van der Waals surface area (Å²) in [6, 6.07) is 4.36. The van der Waals surface area contributed by atoms with E-state index in [-0.39, 0.29) is 11.8 Å². The zero-order valence-electron chi connectivity index (χ0n) is 13.6. The highest BCUT2D eigenvalue weighted by Crippen LogP contribution is 2.41. The van der Waals surface area contributed by atoms with Crippen LogP contribution in [0.2, 0.25) is 0 Å². The summed E-state index contributed by atoms with van der Waals surface area (Å²) in [6.45, 7) is 2.59. The van der Waals surface area contributed by atoms with Gasteiger partial charge >= 0.3 is 0 Å². The van der Waals surface area contributed by atoms with Gasteiger partial charge < -0.3 is 0 Å². The van der Waals surface area contributed by atoms with E-state index in [1.807, 2.05) is 6.92 Å². The van der Waals surface area contributed by atoms with Crippen LogP contribution in [0.4, 0.5) is 0 Å². The molecule has 0 N–H and O–H groups in total. The molecule has 0 radical (unpaired) electrons. The molecule has 1 atom stereocenters. The van der Waals surface area contributed by atoms with Crippen LogP contribution in [-0.2, 0) is 16.4 Å². The maximum absolute atomic E-state index is 13.1. The highest BCUT2D eigenvalue weighted by Gasteiger charge is 2.42. The molecule has 1 aromatic heterocycles. The molecule has 23 heavy (non-hydrogen) atoms. The van der Waals surface area contributed by atoms with Gasteiger partial charge in [0.15, 0.2) is 0 Å². The van der Waals surface area contributed by atoms with E-state index in [0.717, 1.165) is 44.9 Å². The van der Waals surface area contributed by atoms with Crippen LogP contribution < -0.4 is 0 Å². The first-order valence-electron chi connectivity index (χ1n) is 8.48. The minimum Gasteiger partial charge on any atom is -0.212 e. The van der Waals surface area contributed by atoms with E-state index in [4.69, 9.17) is 0 Å². The first-order chi connectivity index (χ1) is 11.0. The maximum Gasteiger partial charge on any atom is 0.216 e. The van der Waals surface area contributed by atoms with E-state index in [9.17, 15) is 13.7 Å². The third-order valence-electron chi connectivity index (χ3n) is 5.30. The molecule has 2 aliphatic rings. The van der Waals surface area contributed by atoms with Crippen molar-refractivity contribution in [2.75, 3.05) is 12.3 Å². The van der Waals surface area contributed by atoms with Crippen LogP contribution in [0.5, 0.6) is 0 Å². The molecule has 1 aliphatic heterocycles. The molecular weight excluding hydrogens is 328 g/mol.